The normalized spacial score (nSPS) is 13.8. The zero-order valence-corrected chi connectivity index (χ0v) is 18.3. The van der Waals surface area contributed by atoms with Crippen molar-refractivity contribution in [3.63, 3.8) is 0 Å². The molecule has 0 amide bonds. The van der Waals surface area contributed by atoms with Crippen molar-refractivity contribution in [2.24, 2.45) is 0 Å². The fourth-order valence-corrected chi connectivity index (χ4v) is 4.11. The SMILES string of the molecule is CC(CO)c1cnc2c(NCCc3c[nH]c4c3C=CC=CC4)nc(-c3cncc(F)c3)cn12. The average molecular weight is 445 g/mol. The average Bonchev–Trinajstić information content (AvgIpc) is 3.35. The van der Waals surface area contributed by atoms with Gasteiger partial charge in [-0.05, 0) is 23.6 Å². The molecule has 4 heterocycles. The Kier molecular flexibility index (Phi) is 5.75. The van der Waals surface area contributed by atoms with Crippen LogP contribution in [0.25, 0.3) is 23.0 Å². The molecule has 1 unspecified atom stereocenters. The van der Waals surface area contributed by atoms with Crippen molar-refractivity contribution in [2.75, 3.05) is 18.5 Å². The summed E-state index contributed by atoms with van der Waals surface area (Å²) in [6.07, 6.45) is 18.5. The Morgan fingerprint density at radius 2 is 2.18 bits per heavy atom. The number of nitrogens with one attached hydrogen (secondary N) is 2. The maximum atomic E-state index is 13.8. The molecule has 3 N–H and O–H groups in total. The van der Waals surface area contributed by atoms with Gasteiger partial charge < -0.3 is 15.4 Å². The number of imidazole rings is 1. The minimum atomic E-state index is -0.422. The van der Waals surface area contributed by atoms with Crippen LogP contribution >= 0.6 is 0 Å². The van der Waals surface area contributed by atoms with Crippen molar-refractivity contribution in [1.29, 1.82) is 0 Å². The highest BCUT2D eigenvalue weighted by Gasteiger charge is 2.17. The molecule has 4 aromatic heterocycles. The number of hydrogen-bond donors (Lipinski definition) is 3. The van der Waals surface area contributed by atoms with E-state index in [4.69, 9.17) is 4.98 Å². The highest BCUT2D eigenvalue weighted by molar-refractivity contribution is 5.70. The van der Waals surface area contributed by atoms with Crippen LogP contribution in [0.4, 0.5) is 10.2 Å². The number of pyridine rings is 1. The van der Waals surface area contributed by atoms with Crippen molar-refractivity contribution in [3.05, 3.63) is 83.6 Å². The summed E-state index contributed by atoms with van der Waals surface area (Å²) in [5.74, 6) is 0.0746. The number of aromatic nitrogens is 5. The van der Waals surface area contributed by atoms with Crippen molar-refractivity contribution < 1.29 is 9.50 Å². The number of nitrogens with zero attached hydrogens (tertiary/aromatic N) is 4. The molecule has 8 heteroatoms. The Labute approximate surface area is 190 Å². The van der Waals surface area contributed by atoms with Crippen LogP contribution in [0, 0.1) is 5.82 Å². The Bertz CT molecular complexity index is 1350. The minimum Gasteiger partial charge on any atom is -0.396 e. The van der Waals surface area contributed by atoms with Crippen LogP contribution in [-0.4, -0.2) is 42.6 Å². The van der Waals surface area contributed by atoms with Gasteiger partial charge in [0.15, 0.2) is 11.5 Å². The topological polar surface area (TPSA) is 91.1 Å². The minimum absolute atomic E-state index is 0.00327. The third-order valence-electron chi connectivity index (χ3n) is 5.91. The summed E-state index contributed by atoms with van der Waals surface area (Å²) in [5, 5.41) is 13.1. The second-order valence-electron chi connectivity index (χ2n) is 8.20. The predicted molar refractivity (Wildman–Crippen MR) is 127 cm³/mol. The molecule has 0 aromatic carbocycles. The number of aromatic amines is 1. The second kappa shape index (κ2) is 8.99. The molecule has 0 fully saturated rings. The maximum Gasteiger partial charge on any atom is 0.180 e. The third kappa shape index (κ3) is 4.17. The van der Waals surface area contributed by atoms with Crippen LogP contribution in [0.2, 0.25) is 0 Å². The van der Waals surface area contributed by atoms with Crippen molar-refractivity contribution >= 4 is 17.5 Å². The van der Waals surface area contributed by atoms with E-state index in [9.17, 15) is 9.50 Å². The van der Waals surface area contributed by atoms with Gasteiger partial charge in [0.05, 0.1) is 18.5 Å². The maximum absolute atomic E-state index is 13.8. The van der Waals surface area contributed by atoms with Crippen LogP contribution in [0.15, 0.2) is 55.3 Å². The van der Waals surface area contributed by atoms with Gasteiger partial charge in [-0.2, -0.15) is 0 Å². The molecular formula is C25H25FN6O. The molecule has 168 valence electrons. The van der Waals surface area contributed by atoms with Crippen molar-refractivity contribution in [3.8, 4) is 11.3 Å². The van der Waals surface area contributed by atoms with Crippen molar-refractivity contribution in [2.45, 2.75) is 25.7 Å². The molecule has 1 aliphatic rings. The van der Waals surface area contributed by atoms with Gasteiger partial charge in [-0.3, -0.25) is 9.38 Å². The highest BCUT2D eigenvalue weighted by Crippen LogP contribution is 2.26. The quantitative estimate of drug-likeness (QED) is 0.399. The lowest BCUT2D eigenvalue weighted by Crippen LogP contribution is -2.10. The lowest BCUT2D eigenvalue weighted by molar-refractivity contribution is 0.270. The first-order valence-electron chi connectivity index (χ1n) is 11.0. The number of anilines is 1. The number of rotatable bonds is 7. The molecule has 0 saturated carbocycles. The molecule has 1 aliphatic carbocycles. The number of H-pyrrole nitrogens is 1. The lowest BCUT2D eigenvalue weighted by atomic mass is 10.1. The molecule has 0 aliphatic heterocycles. The largest absolute Gasteiger partial charge is 0.396 e. The summed E-state index contributed by atoms with van der Waals surface area (Å²) >= 11 is 0. The highest BCUT2D eigenvalue weighted by atomic mass is 19.1. The number of hydrogen-bond acceptors (Lipinski definition) is 5. The summed E-state index contributed by atoms with van der Waals surface area (Å²) < 4.78 is 15.7. The smallest absolute Gasteiger partial charge is 0.180 e. The van der Waals surface area contributed by atoms with Gasteiger partial charge in [0, 0.05) is 60.6 Å². The summed E-state index contributed by atoms with van der Waals surface area (Å²) in [6.45, 7) is 2.58. The first-order valence-corrected chi connectivity index (χ1v) is 11.0. The fourth-order valence-electron chi connectivity index (χ4n) is 4.11. The first kappa shape index (κ1) is 21.1. The van der Waals surface area contributed by atoms with E-state index in [1.54, 1.807) is 12.4 Å². The standard InChI is InChI=1S/C25H25FN6O/c1-16(15-33)23-13-30-25-24(31-22(14-32(23)25)18-9-19(26)12-27-10-18)28-8-7-17-11-29-21-6-4-2-3-5-20(17)21/h2-5,9-14,16,29,33H,6-8,15H2,1H3,(H,28,31). The molecule has 1 atom stereocenters. The Hall–Kier alpha value is -3.78. The van der Waals surface area contributed by atoms with E-state index in [0.717, 1.165) is 18.5 Å². The van der Waals surface area contributed by atoms with Gasteiger partial charge in [0.25, 0.3) is 0 Å². The van der Waals surface area contributed by atoms with E-state index in [2.05, 4.69) is 50.8 Å². The fraction of sp³-hybridized carbons (Fsp3) is 0.240. The van der Waals surface area contributed by atoms with Gasteiger partial charge in [-0.15, -0.1) is 0 Å². The molecule has 4 aromatic rings. The third-order valence-corrected chi connectivity index (χ3v) is 5.91. The van der Waals surface area contributed by atoms with E-state index in [0.29, 0.717) is 29.3 Å². The summed E-state index contributed by atoms with van der Waals surface area (Å²) in [4.78, 5) is 16.6. The van der Waals surface area contributed by atoms with Gasteiger partial charge in [-0.1, -0.05) is 31.2 Å². The lowest BCUT2D eigenvalue weighted by Gasteiger charge is -2.13. The molecule has 7 nitrogen and oxygen atoms in total. The van der Waals surface area contributed by atoms with Crippen LogP contribution in [-0.2, 0) is 12.8 Å². The van der Waals surface area contributed by atoms with E-state index in [-0.39, 0.29) is 12.5 Å². The summed E-state index contributed by atoms with van der Waals surface area (Å²) in [6, 6.07) is 1.41. The molecule has 0 bridgehead atoms. The Morgan fingerprint density at radius 3 is 3.03 bits per heavy atom. The number of fused-ring (bicyclic) bond motifs is 2. The number of aliphatic hydroxyl groups excluding tert-OH is 1. The zero-order chi connectivity index (χ0) is 22.8. The van der Waals surface area contributed by atoms with E-state index in [1.165, 1.54) is 29.1 Å². The first-order chi connectivity index (χ1) is 16.1. The predicted octanol–water partition coefficient (Wildman–Crippen LogP) is 4.13. The van der Waals surface area contributed by atoms with E-state index < -0.39 is 5.82 Å². The molecule has 33 heavy (non-hydrogen) atoms. The number of allylic oxidation sites excluding steroid dienone is 3. The Balaban J connectivity index is 1.47. The molecule has 5 rings (SSSR count). The van der Waals surface area contributed by atoms with Crippen molar-refractivity contribution in [1.82, 2.24) is 24.3 Å². The molecule has 0 saturated heterocycles. The summed E-state index contributed by atoms with van der Waals surface area (Å²) in [5.41, 5.74) is 6.35. The van der Waals surface area contributed by atoms with E-state index >= 15 is 0 Å². The number of halogens is 1. The van der Waals surface area contributed by atoms with Crippen LogP contribution in [0.1, 0.15) is 35.4 Å². The second-order valence-corrected chi connectivity index (χ2v) is 8.20. The zero-order valence-electron chi connectivity index (χ0n) is 18.3. The monoisotopic (exact) mass is 444 g/mol. The Morgan fingerprint density at radius 1 is 1.27 bits per heavy atom. The van der Waals surface area contributed by atoms with Gasteiger partial charge in [0.2, 0.25) is 0 Å². The van der Waals surface area contributed by atoms with Crippen LogP contribution < -0.4 is 5.32 Å². The van der Waals surface area contributed by atoms with Gasteiger partial charge in [0.1, 0.15) is 5.82 Å². The van der Waals surface area contributed by atoms with Crippen LogP contribution in [0.5, 0.6) is 0 Å². The summed E-state index contributed by atoms with van der Waals surface area (Å²) in [7, 11) is 0. The number of aliphatic hydroxyl groups is 1. The van der Waals surface area contributed by atoms with Crippen LogP contribution in [0.3, 0.4) is 0 Å². The molecular weight excluding hydrogens is 419 g/mol. The van der Waals surface area contributed by atoms with E-state index in [1.807, 2.05) is 17.5 Å². The molecule has 0 radical (unpaired) electrons. The molecule has 0 spiro atoms. The van der Waals surface area contributed by atoms with Gasteiger partial charge >= 0.3 is 0 Å². The van der Waals surface area contributed by atoms with Gasteiger partial charge in [-0.25, -0.2) is 14.4 Å².